The molecule has 0 saturated carbocycles. The number of benzene rings is 3. The number of aromatic hydroxyl groups is 1. The summed E-state index contributed by atoms with van der Waals surface area (Å²) in [5.74, 6) is -3.45. The Labute approximate surface area is 187 Å². The molecule has 10 nitrogen and oxygen atoms in total. The summed E-state index contributed by atoms with van der Waals surface area (Å²) < 4.78 is 0. The number of anilines is 3. The van der Waals surface area contributed by atoms with Gasteiger partial charge in [0.15, 0.2) is 0 Å². The van der Waals surface area contributed by atoms with Gasteiger partial charge in [0.1, 0.15) is 11.3 Å². The molecule has 0 atom stereocenters. The molecule has 0 bridgehead atoms. The van der Waals surface area contributed by atoms with Gasteiger partial charge in [0.05, 0.1) is 16.1 Å². The second kappa shape index (κ2) is 11.7. The lowest BCUT2D eigenvalue weighted by molar-refractivity contribution is 0.0683. The van der Waals surface area contributed by atoms with Crippen molar-refractivity contribution in [2.24, 2.45) is 0 Å². The molecule has 10 N–H and O–H groups in total. The third-order valence-electron chi connectivity index (χ3n) is 3.63. The highest BCUT2D eigenvalue weighted by molar-refractivity contribution is 6.33. The largest absolute Gasteiger partial charge is 0.507 e. The van der Waals surface area contributed by atoms with Gasteiger partial charge in [0, 0.05) is 23.1 Å². The summed E-state index contributed by atoms with van der Waals surface area (Å²) in [6.07, 6.45) is 0. The number of hydrogen-bond acceptors (Lipinski definition) is 7. The van der Waals surface area contributed by atoms with Crippen molar-refractivity contribution in [1.82, 2.24) is 0 Å². The molecule has 11 heteroatoms. The van der Waals surface area contributed by atoms with Crippen LogP contribution in [0.1, 0.15) is 31.1 Å². The number of carboxylic acid groups (broad SMARTS) is 3. The zero-order valence-corrected chi connectivity index (χ0v) is 17.2. The summed E-state index contributed by atoms with van der Waals surface area (Å²) in [4.78, 5) is 31.0. The van der Waals surface area contributed by atoms with Gasteiger partial charge in [-0.15, -0.1) is 0 Å². The van der Waals surface area contributed by atoms with Crippen molar-refractivity contribution in [2.75, 3.05) is 17.2 Å². The van der Waals surface area contributed by atoms with E-state index in [4.69, 9.17) is 49.2 Å². The summed E-state index contributed by atoms with van der Waals surface area (Å²) in [6, 6.07) is 14.2. The molecule has 168 valence electrons. The van der Waals surface area contributed by atoms with Gasteiger partial charge < -0.3 is 37.6 Å². The van der Waals surface area contributed by atoms with Crippen LogP contribution in [0.3, 0.4) is 0 Å². The van der Waals surface area contributed by atoms with Gasteiger partial charge >= 0.3 is 17.9 Å². The molecule has 0 aliphatic heterocycles. The fraction of sp³-hybridized carbons (Fsp3) is 0. The van der Waals surface area contributed by atoms with Crippen LogP contribution in [-0.2, 0) is 0 Å². The molecular formula is C21H20ClN3O7. The third kappa shape index (κ3) is 8.13. The fourth-order valence-electron chi connectivity index (χ4n) is 2.06. The predicted molar refractivity (Wildman–Crippen MR) is 120 cm³/mol. The first-order valence-electron chi connectivity index (χ1n) is 8.61. The van der Waals surface area contributed by atoms with E-state index in [0.29, 0.717) is 17.1 Å². The number of nitrogen functional groups attached to an aromatic ring is 3. The van der Waals surface area contributed by atoms with Crippen molar-refractivity contribution < 1.29 is 34.8 Å². The summed E-state index contributed by atoms with van der Waals surface area (Å²) in [7, 11) is 0. The summed E-state index contributed by atoms with van der Waals surface area (Å²) in [5, 5.41) is 34.6. The Morgan fingerprint density at radius 1 is 0.625 bits per heavy atom. The quantitative estimate of drug-likeness (QED) is 0.283. The second-order valence-electron chi connectivity index (χ2n) is 6.05. The maximum atomic E-state index is 10.4. The molecular weight excluding hydrogens is 442 g/mol. The summed E-state index contributed by atoms with van der Waals surface area (Å²) >= 11 is 5.56. The Balaban J connectivity index is 0.000000240. The molecule has 3 aromatic carbocycles. The number of nitrogens with two attached hydrogens (primary N) is 3. The minimum atomic E-state index is -1.16. The van der Waals surface area contributed by atoms with Gasteiger partial charge in [-0.2, -0.15) is 0 Å². The lowest BCUT2D eigenvalue weighted by Crippen LogP contribution is -1.97. The maximum absolute atomic E-state index is 10.4. The molecule has 3 aromatic rings. The van der Waals surface area contributed by atoms with Crippen LogP contribution in [0.4, 0.5) is 17.1 Å². The van der Waals surface area contributed by atoms with Crippen LogP contribution in [0.2, 0.25) is 5.02 Å². The van der Waals surface area contributed by atoms with E-state index in [2.05, 4.69) is 0 Å². The van der Waals surface area contributed by atoms with E-state index in [1.807, 2.05) is 0 Å². The smallest absolute Gasteiger partial charge is 0.339 e. The van der Waals surface area contributed by atoms with Crippen LogP contribution in [0.25, 0.3) is 0 Å². The van der Waals surface area contributed by atoms with E-state index >= 15 is 0 Å². The van der Waals surface area contributed by atoms with Gasteiger partial charge in [-0.25, -0.2) is 14.4 Å². The molecule has 0 heterocycles. The van der Waals surface area contributed by atoms with E-state index in [9.17, 15) is 14.4 Å². The molecule has 0 amide bonds. The van der Waals surface area contributed by atoms with E-state index in [1.54, 1.807) is 12.1 Å². The van der Waals surface area contributed by atoms with E-state index in [-0.39, 0.29) is 27.5 Å². The van der Waals surface area contributed by atoms with Crippen molar-refractivity contribution >= 4 is 46.6 Å². The average molecular weight is 462 g/mol. The Hall–Kier alpha value is -4.44. The molecule has 0 fully saturated rings. The highest BCUT2D eigenvalue weighted by Gasteiger charge is 2.08. The first kappa shape index (κ1) is 25.6. The van der Waals surface area contributed by atoms with Crippen molar-refractivity contribution in [1.29, 1.82) is 0 Å². The SMILES string of the molecule is Nc1ccc(C(=O)O)c(Cl)c1.Nc1ccc(C(=O)O)c(O)c1.Nc1ccc(C(=O)O)cc1. The third-order valence-corrected chi connectivity index (χ3v) is 3.95. The van der Waals surface area contributed by atoms with Gasteiger partial charge in [-0.1, -0.05) is 11.6 Å². The van der Waals surface area contributed by atoms with Crippen molar-refractivity contribution in [3.63, 3.8) is 0 Å². The number of carboxylic acids is 3. The van der Waals surface area contributed by atoms with Gasteiger partial charge in [-0.3, -0.25) is 0 Å². The first-order chi connectivity index (χ1) is 14.9. The molecule has 0 spiro atoms. The minimum Gasteiger partial charge on any atom is -0.507 e. The first-order valence-corrected chi connectivity index (χ1v) is 8.99. The predicted octanol–water partition coefficient (Wildman–Crippen LogP) is 3.26. The minimum absolute atomic E-state index is 0.0702. The molecule has 32 heavy (non-hydrogen) atoms. The monoisotopic (exact) mass is 461 g/mol. The molecule has 0 radical (unpaired) electrons. The number of carbonyl (C=O) groups is 3. The number of rotatable bonds is 3. The average Bonchev–Trinajstić information content (AvgIpc) is 2.68. The number of phenols is 1. The maximum Gasteiger partial charge on any atom is 0.339 e. The van der Waals surface area contributed by atoms with Crippen LogP contribution in [0.5, 0.6) is 5.75 Å². The van der Waals surface area contributed by atoms with Crippen LogP contribution in [0.15, 0.2) is 60.7 Å². The zero-order chi connectivity index (χ0) is 24.4. The van der Waals surface area contributed by atoms with Crippen molar-refractivity contribution in [3.8, 4) is 5.75 Å². The van der Waals surface area contributed by atoms with E-state index < -0.39 is 17.9 Å². The lowest BCUT2D eigenvalue weighted by atomic mass is 10.2. The Morgan fingerprint density at radius 3 is 1.47 bits per heavy atom. The lowest BCUT2D eigenvalue weighted by Gasteiger charge is -1.98. The summed E-state index contributed by atoms with van der Waals surface area (Å²) in [5.41, 5.74) is 17.5. The van der Waals surface area contributed by atoms with Crippen molar-refractivity contribution in [2.45, 2.75) is 0 Å². The Morgan fingerprint density at radius 2 is 1.06 bits per heavy atom. The van der Waals surface area contributed by atoms with E-state index in [0.717, 1.165) is 0 Å². The normalized spacial score (nSPS) is 9.41. The highest BCUT2D eigenvalue weighted by Crippen LogP contribution is 2.19. The van der Waals surface area contributed by atoms with Crippen LogP contribution in [0, 0.1) is 0 Å². The molecule has 3 rings (SSSR count). The van der Waals surface area contributed by atoms with E-state index in [1.165, 1.54) is 48.5 Å². The topological polar surface area (TPSA) is 210 Å². The standard InChI is InChI=1S/C7H6ClNO2.C7H7NO3.C7H7NO2/c8-6-3-4(9)1-2-5(6)7(10)11;8-4-1-2-5(7(10)11)6(9)3-4;8-6-3-1-5(2-4-6)7(9)10/h1-3H,9H2,(H,10,11);1-3,9H,8H2,(H,10,11);1-4H,8H2,(H,9,10). The molecule has 0 aliphatic carbocycles. The zero-order valence-electron chi connectivity index (χ0n) is 16.4. The van der Waals surface area contributed by atoms with Crippen LogP contribution < -0.4 is 17.2 Å². The van der Waals surface area contributed by atoms with Gasteiger partial charge in [-0.05, 0) is 54.6 Å². The van der Waals surface area contributed by atoms with Gasteiger partial charge in [0.25, 0.3) is 0 Å². The molecule has 0 aliphatic rings. The molecule has 0 saturated heterocycles. The molecule has 0 aromatic heterocycles. The number of aromatic carboxylic acids is 3. The number of halogens is 1. The fourth-order valence-corrected chi connectivity index (χ4v) is 2.33. The Bertz CT molecular complexity index is 1060. The van der Waals surface area contributed by atoms with Crippen LogP contribution in [-0.4, -0.2) is 38.3 Å². The van der Waals surface area contributed by atoms with Crippen molar-refractivity contribution in [3.05, 3.63) is 82.4 Å². The number of hydrogen-bond donors (Lipinski definition) is 7. The Kier molecular flexibility index (Phi) is 9.33. The highest BCUT2D eigenvalue weighted by atomic mass is 35.5. The molecule has 0 unspecified atom stereocenters. The second-order valence-corrected chi connectivity index (χ2v) is 6.46. The van der Waals surface area contributed by atoms with Crippen LogP contribution >= 0.6 is 11.6 Å². The summed E-state index contributed by atoms with van der Waals surface area (Å²) in [6.45, 7) is 0. The van der Waals surface area contributed by atoms with Gasteiger partial charge in [0.2, 0.25) is 0 Å².